The van der Waals surface area contributed by atoms with Gasteiger partial charge in [-0.2, -0.15) is 0 Å². The van der Waals surface area contributed by atoms with Crippen LogP contribution in [0.25, 0.3) is 0 Å². The molecule has 1 atom stereocenters. The number of rotatable bonds is 15. The molecular formula is C23H40O. The first-order valence-electron chi connectivity index (χ1n) is 10.5. The van der Waals surface area contributed by atoms with Crippen molar-refractivity contribution >= 4 is 0 Å². The highest BCUT2D eigenvalue weighted by molar-refractivity contribution is 5.31. The van der Waals surface area contributed by atoms with Crippen molar-refractivity contribution in [2.45, 2.75) is 104 Å². The molecule has 0 bridgehead atoms. The lowest BCUT2D eigenvalue weighted by Gasteiger charge is -2.17. The lowest BCUT2D eigenvalue weighted by atomic mass is 9.89. The number of benzene rings is 1. The Morgan fingerprint density at radius 3 is 1.88 bits per heavy atom. The molecule has 0 aliphatic heterocycles. The van der Waals surface area contributed by atoms with Crippen LogP contribution >= 0.6 is 0 Å². The van der Waals surface area contributed by atoms with E-state index in [0.29, 0.717) is 5.75 Å². The first-order valence-corrected chi connectivity index (χ1v) is 10.5. The Kier molecular flexibility index (Phi) is 12.6. The Bertz CT molecular complexity index is 399. The average molecular weight is 333 g/mol. The van der Waals surface area contributed by atoms with Gasteiger partial charge in [-0.1, -0.05) is 109 Å². The molecule has 0 spiro atoms. The second-order valence-electron chi connectivity index (χ2n) is 7.44. The molecule has 0 fully saturated rings. The minimum atomic E-state index is 0.469. The second-order valence-corrected chi connectivity index (χ2v) is 7.44. The van der Waals surface area contributed by atoms with Crippen LogP contribution in [0.15, 0.2) is 24.3 Å². The monoisotopic (exact) mass is 332 g/mol. The molecule has 0 aliphatic rings. The molecule has 1 aromatic rings. The van der Waals surface area contributed by atoms with Gasteiger partial charge in [0.25, 0.3) is 0 Å². The Balaban J connectivity index is 2.29. The molecule has 1 heteroatoms. The van der Waals surface area contributed by atoms with E-state index >= 15 is 0 Å². The highest BCUT2D eigenvalue weighted by atomic mass is 16.3. The normalized spacial score (nSPS) is 12.4. The minimum Gasteiger partial charge on any atom is -0.508 e. The maximum atomic E-state index is 9.90. The van der Waals surface area contributed by atoms with Gasteiger partial charge < -0.3 is 5.11 Å². The van der Waals surface area contributed by atoms with Gasteiger partial charge in [0.2, 0.25) is 0 Å². The van der Waals surface area contributed by atoms with E-state index in [0.717, 1.165) is 17.9 Å². The fourth-order valence-electron chi connectivity index (χ4n) is 3.63. The van der Waals surface area contributed by atoms with Crippen molar-refractivity contribution in [3.05, 3.63) is 29.8 Å². The summed E-state index contributed by atoms with van der Waals surface area (Å²) in [6.45, 7) is 4.58. The zero-order valence-electron chi connectivity index (χ0n) is 16.2. The van der Waals surface area contributed by atoms with Crippen LogP contribution in [0, 0.1) is 5.92 Å². The van der Waals surface area contributed by atoms with Gasteiger partial charge in [-0.15, -0.1) is 0 Å². The SMILES string of the molecule is CCCCCCCC(CCCCCC)CCCc1ccccc1O. The first kappa shape index (κ1) is 21.1. The van der Waals surface area contributed by atoms with Gasteiger partial charge in [0.05, 0.1) is 0 Å². The van der Waals surface area contributed by atoms with Crippen LogP contribution in [0.5, 0.6) is 5.75 Å². The van der Waals surface area contributed by atoms with Crippen molar-refractivity contribution in [2.75, 3.05) is 0 Å². The number of phenols is 1. The van der Waals surface area contributed by atoms with Crippen LogP contribution in [0.1, 0.15) is 103 Å². The van der Waals surface area contributed by atoms with Gasteiger partial charge in [0, 0.05) is 0 Å². The topological polar surface area (TPSA) is 20.2 Å². The number of hydrogen-bond donors (Lipinski definition) is 1. The van der Waals surface area contributed by atoms with E-state index in [9.17, 15) is 5.11 Å². The lowest BCUT2D eigenvalue weighted by Crippen LogP contribution is -2.02. The summed E-state index contributed by atoms with van der Waals surface area (Å²) in [6, 6.07) is 7.82. The molecular weight excluding hydrogens is 292 g/mol. The summed E-state index contributed by atoms with van der Waals surface area (Å²) in [5.74, 6) is 1.37. The van der Waals surface area contributed by atoms with Gasteiger partial charge in [-0.25, -0.2) is 0 Å². The van der Waals surface area contributed by atoms with Crippen LogP contribution < -0.4 is 0 Å². The van der Waals surface area contributed by atoms with Crippen molar-refractivity contribution in [1.29, 1.82) is 0 Å². The van der Waals surface area contributed by atoms with E-state index in [1.54, 1.807) is 0 Å². The van der Waals surface area contributed by atoms with Crippen molar-refractivity contribution in [3.8, 4) is 5.75 Å². The summed E-state index contributed by atoms with van der Waals surface area (Å²) in [6.07, 6.45) is 18.9. The molecule has 138 valence electrons. The molecule has 1 aromatic carbocycles. The zero-order chi connectivity index (χ0) is 17.5. The van der Waals surface area contributed by atoms with Gasteiger partial charge in [0.15, 0.2) is 0 Å². The number of aryl methyl sites for hydroxylation is 1. The smallest absolute Gasteiger partial charge is 0.118 e. The van der Waals surface area contributed by atoms with Crippen molar-refractivity contribution < 1.29 is 5.11 Å². The summed E-state index contributed by atoms with van der Waals surface area (Å²) < 4.78 is 0. The first-order chi connectivity index (χ1) is 11.8. The maximum absolute atomic E-state index is 9.90. The molecule has 0 saturated carbocycles. The zero-order valence-corrected chi connectivity index (χ0v) is 16.2. The summed E-state index contributed by atoms with van der Waals surface area (Å²) in [5, 5.41) is 9.90. The second kappa shape index (κ2) is 14.4. The Labute approximate surface area is 150 Å². The number of unbranched alkanes of at least 4 members (excludes halogenated alkanes) is 7. The highest BCUT2D eigenvalue weighted by Gasteiger charge is 2.09. The van der Waals surface area contributed by atoms with Gasteiger partial charge in [0.1, 0.15) is 5.75 Å². The molecule has 0 aromatic heterocycles. The molecule has 24 heavy (non-hydrogen) atoms. The number of phenolic OH excluding ortho intramolecular Hbond substituents is 1. The van der Waals surface area contributed by atoms with E-state index in [-0.39, 0.29) is 0 Å². The summed E-state index contributed by atoms with van der Waals surface area (Å²) in [5.41, 5.74) is 1.12. The molecule has 1 nitrogen and oxygen atoms in total. The van der Waals surface area contributed by atoms with Crippen LogP contribution in [0.4, 0.5) is 0 Å². The van der Waals surface area contributed by atoms with E-state index in [4.69, 9.17) is 0 Å². The standard InChI is InChI=1S/C23H40O/c1-3-5-7-9-11-16-21(15-10-8-6-4-2)17-14-19-22-18-12-13-20-23(22)24/h12-13,18,20-21,24H,3-11,14-17,19H2,1-2H3. The van der Waals surface area contributed by atoms with E-state index in [1.165, 1.54) is 83.5 Å². The number of para-hydroxylation sites is 1. The van der Waals surface area contributed by atoms with Crippen molar-refractivity contribution in [2.24, 2.45) is 5.92 Å². The fourth-order valence-corrected chi connectivity index (χ4v) is 3.63. The van der Waals surface area contributed by atoms with Gasteiger partial charge >= 0.3 is 0 Å². The summed E-state index contributed by atoms with van der Waals surface area (Å²) in [7, 11) is 0. The predicted octanol–water partition coefficient (Wildman–Crippen LogP) is 7.66. The van der Waals surface area contributed by atoms with Crippen LogP contribution in [-0.2, 0) is 6.42 Å². The quantitative estimate of drug-likeness (QED) is 0.327. The van der Waals surface area contributed by atoms with E-state index in [1.807, 2.05) is 18.2 Å². The molecule has 0 heterocycles. The molecule has 0 amide bonds. The van der Waals surface area contributed by atoms with Crippen LogP contribution in [-0.4, -0.2) is 5.11 Å². The third-order valence-electron chi connectivity index (χ3n) is 5.23. The molecule has 1 N–H and O–H groups in total. The average Bonchev–Trinajstić information content (AvgIpc) is 2.59. The molecule has 1 unspecified atom stereocenters. The molecule has 0 aliphatic carbocycles. The number of hydrogen-bond acceptors (Lipinski definition) is 1. The van der Waals surface area contributed by atoms with Gasteiger partial charge in [-0.3, -0.25) is 0 Å². The van der Waals surface area contributed by atoms with Gasteiger partial charge in [-0.05, 0) is 30.4 Å². The molecule has 0 radical (unpaired) electrons. The van der Waals surface area contributed by atoms with Crippen LogP contribution in [0.2, 0.25) is 0 Å². The summed E-state index contributed by atoms with van der Waals surface area (Å²) >= 11 is 0. The third kappa shape index (κ3) is 10.0. The summed E-state index contributed by atoms with van der Waals surface area (Å²) in [4.78, 5) is 0. The Morgan fingerprint density at radius 1 is 0.708 bits per heavy atom. The van der Waals surface area contributed by atoms with E-state index < -0.39 is 0 Å². The van der Waals surface area contributed by atoms with Crippen LogP contribution in [0.3, 0.4) is 0 Å². The minimum absolute atomic E-state index is 0.469. The molecule has 1 rings (SSSR count). The largest absolute Gasteiger partial charge is 0.508 e. The van der Waals surface area contributed by atoms with Crippen molar-refractivity contribution in [3.63, 3.8) is 0 Å². The van der Waals surface area contributed by atoms with Crippen molar-refractivity contribution in [1.82, 2.24) is 0 Å². The fraction of sp³-hybridized carbons (Fsp3) is 0.739. The van der Waals surface area contributed by atoms with E-state index in [2.05, 4.69) is 19.9 Å². The predicted molar refractivity (Wildman–Crippen MR) is 107 cm³/mol. The lowest BCUT2D eigenvalue weighted by molar-refractivity contribution is 0.372. The maximum Gasteiger partial charge on any atom is 0.118 e. The highest BCUT2D eigenvalue weighted by Crippen LogP contribution is 2.25. The third-order valence-corrected chi connectivity index (χ3v) is 5.23. The Hall–Kier alpha value is -0.980. The molecule has 0 saturated heterocycles. The number of aromatic hydroxyl groups is 1. The Morgan fingerprint density at radius 2 is 1.25 bits per heavy atom.